The van der Waals surface area contributed by atoms with Gasteiger partial charge in [0.15, 0.2) is 0 Å². The Hall–Kier alpha value is -1.95. The molecule has 0 radical (unpaired) electrons. The topological polar surface area (TPSA) is 40.5 Å². The summed E-state index contributed by atoms with van der Waals surface area (Å²) >= 11 is 0. The van der Waals surface area contributed by atoms with Crippen molar-refractivity contribution in [3.05, 3.63) is 29.3 Å². The van der Waals surface area contributed by atoms with Crippen molar-refractivity contribution in [1.82, 2.24) is 0 Å². The molecule has 3 nitrogen and oxygen atoms in total. The highest BCUT2D eigenvalue weighted by Crippen LogP contribution is 2.18. The molecule has 0 aromatic heterocycles. The largest absolute Gasteiger partial charge is 0.478 e. The van der Waals surface area contributed by atoms with Crippen LogP contribution in [0.25, 0.3) is 0 Å². The molecule has 0 aliphatic carbocycles. The van der Waals surface area contributed by atoms with Crippen molar-refractivity contribution in [2.75, 3.05) is 18.0 Å². The summed E-state index contributed by atoms with van der Waals surface area (Å²) in [5.41, 5.74) is 2.05. The van der Waals surface area contributed by atoms with Crippen molar-refractivity contribution in [1.29, 1.82) is 0 Å². The van der Waals surface area contributed by atoms with Crippen LogP contribution < -0.4 is 4.90 Å². The average molecular weight is 217 g/mol. The van der Waals surface area contributed by atoms with Gasteiger partial charge in [-0.25, -0.2) is 4.79 Å². The van der Waals surface area contributed by atoms with Crippen molar-refractivity contribution < 1.29 is 9.90 Å². The van der Waals surface area contributed by atoms with Crippen molar-refractivity contribution in [2.24, 2.45) is 0 Å². The van der Waals surface area contributed by atoms with Crippen LogP contribution in [0.4, 0.5) is 5.69 Å². The van der Waals surface area contributed by atoms with Gasteiger partial charge in [-0.2, -0.15) is 0 Å². The highest BCUT2D eigenvalue weighted by atomic mass is 16.4. The molecule has 1 aromatic carbocycles. The van der Waals surface area contributed by atoms with E-state index in [9.17, 15) is 4.79 Å². The summed E-state index contributed by atoms with van der Waals surface area (Å²) in [6, 6.07) is 5.26. The molecular formula is C13H15NO2. The van der Waals surface area contributed by atoms with Crippen molar-refractivity contribution in [2.45, 2.75) is 13.8 Å². The summed E-state index contributed by atoms with van der Waals surface area (Å²) in [6.07, 6.45) is 5.27. The van der Waals surface area contributed by atoms with Crippen LogP contribution >= 0.6 is 0 Å². The van der Waals surface area contributed by atoms with E-state index in [1.807, 2.05) is 17.9 Å². The first-order valence-electron chi connectivity index (χ1n) is 5.12. The molecule has 0 amide bonds. The van der Waals surface area contributed by atoms with E-state index < -0.39 is 5.97 Å². The zero-order valence-corrected chi connectivity index (χ0v) is 9.53. The number of carboxylic acids is 1. The van der Waals surface area contributed by atoms with Gasteiger partial charge in [0.1, 0.15) is 0 Å². The van der Waals surface area contributed by atoms with Gasteiger partial charge < -0.3 is 10.0 Å². The van der Waals surface area contributed by atoms with E-state index in [4.69, 9.17) is 11.5 Å². The lowest BCUT2D eigenvalue weighted by atomic mass is 10.1. The Morgan fingerprint density at radius 3 is 2.69 bits per heavy atom. The van der Waals surface area contributed by atoms with E-state index in [2.05, 4.69) is 5.92 Å². The molecule has 1 rings (SSSR count). The van der Waals surface area contributed by atoms with Gasteiger partial charge in [-0.05, 0) is 37.6 Å². The fourth-order valence-corrected chi connectivity index (χ4v) is 1.58. The summed E-state index contributed by atoms with van der Waals surface area (Å²) in [6.45, 7) is 5.13. The molecule has 3 heteroatoms. The van der Waals surface area contributed by atoms with Gasteiger partial charge in [0, 0.05) is 12.2 Å². The molecule has 84 valence electrons. The standard InChI is InChI=1S/C13H15NO2/c1-4-8-14(5-2)11-6-7-12(13(15)16)10(3)9-11/h1,6-7,9H,5,8H2,2-3H3,(H,15,16). The maximum absolute atomic E-state index is 10.9. The van der Waals surface area contributed by atoms with Crippen LogP contribution in [0.1, 0.15) is 22.8 Å². The van der Waals surface area contributed by atoms with E-state index in [1.54, 1.807) is 19.1 Å². The lowest BCUT2D eigenvalue weighted by Crippen LogP contribution is -2.23. The first-order chi connectivity index (χ1) is 7.60. The maximum atomic E-state index is 10.9. The van der Waals surface area contributed by atoms with E-state index in [0.717, 1.165) is 17.8 Å². The van der Waals surface area contributed by atoms with Gasteiger partial charge >= 0.3 is 5.97 Å². The molecule has 16 heavy (non-hydrogen) atoms. The van der Waals surface area contributed by atoms with Gasteiger partial charge in [0.05, 0.1) is 12.1 Å². The monoisotopic (exact) mass is 217 g/mol. The number of rotatable bonds is 4. The fraction of sp³-hybridized carbons (Fsp3) is 0.308. The number of aromatic carboxylic acids is 1. The number of carboxylic acid groups (broad SMARTS) is 1. The second kappa shape index (κ2) is 5.22. The number of anilines is 1. The molecular weight excluding hydrogens is 202 g/mol. The van der Waals surface area contributed by atoms with E-state index >= 15 is 0 Å². The fourth-order valence-electron chi connectivity index (χ4n) is 1.58. The smallest absolute Gasteiger partial charge is 0.335 e. The molecule has 0 saturated carbocycles. The van der Waals surface area contributed by atoms with Crippen LogP contribution in [0.15, 0.2) is 18.2 Å². The number of hydrogen-bond acceptors (Lipinski definition) is 2. The maximum Gasteiger partial charge on any atom is 0.335 e. The van der Waals surface area contributed by atoms with Crippen LogP contribution in [-0.4, -0.2) is 24.2 Å². The third kappa shape index (κ3) is 2.54. The summed E-state index contributed by atoms with van der Waals surface area (Å²) in [4.78, 5) is 12.9. The third-order valence-electron chi connectivity index (χ3n) is 2.47. The van der Waals surface area contributed by atoms with E-state index in [-0.39, 0.29) is 0 Å². The minimum Gasteiger partial charge on any atom is -0.478 e. The zero-order chi connectivity index (χ0) is 12.1. The van der Waals surface area contributed by atoms with Gasteiger partial charge in [-0.3, -0.25) is 0 Å². The van der Waals surface area contributed by atoms with Crippen LogP contribution in [0.2, 0.25) is 0 Å². The number of nitrogens with zero attached hydrogens (tertiary/aromatic N) is 1. The molecule has 0 unspecified atom stereocenters. The lowest BCUT2D eigenvalue weighted by molar-refractivity contribution is 0.0696. The van der Waals surface area contributed by atoms with Crippen molar-refractivity contribution in [3.8, 4) is 12.3 Å². The Labute approximate surface area is 95.7 Å². The van der Waals surface area contributed by atoms with Gasteiger partial charge in [-0.1, -0.05) is 5.92 Å². The predicted octanol–water partition coefficient (Wildman–Crippen LogP) is 2.15. The van der Waals surface area contributed by atoms with E-state index in [1.165, 1.54) is 0 Å². The van der Waals surface area contributed by atoms with Crippen LogP contribution in [0.5, 0.6) is 0 Å². The minimum atomic E-state index is -0.899. The molecule has 1 N–H and O–H groups in total. The Bertz CT molecular complexity index is 432. The van der Waals surface area contributed by atoms with Gasteiger partial charge in [-0.15, -0.1) is 6.42 Å². The summed E-state index contributed by atoms with van der Waals surface area (Å²) in [5.74, 6) is 1.68. The number of benzene rings is 1. The summed E-state index contributed by atoms with van der Waals surface area (Å²) < 4.78 is 0. The second-order valence-corrected chi connectivity index (χ2v) is 3.52. The average Bonchev–Trinajstić information content (AvgIpc) is 2.25. The highest BCUT2D eigenvalue weighted by molar-refractivity contribution is 5.89. The van der Waals surface area contributed by atoms with Crippen LogP contribution in [0.3, 0.4) is 0 Å². The number of terminal acetylenes is 1. The van der Waals surface area contributed by atoms with Crippen LogP contribution in [0, 0.1) is 19.3 Å². The van der Waals surface area contributed by atoms with Crippen molar-refractivity contribution >= 4 is 11.7 Å². The molecule has 0 aliphatic heterocycles. The number of hydrogen-bond donors (Lipinski definition) is 1. The lowest BCUT2D eigenvalue weighted by Gasteiger charge is -2.21. The summed E-state index contributed by atoms with van der Waals surface area (Å²) in [7, 11) is 0. The molecule has 1 aromatic rings. The number of aryl methyl sites for hydroxylation is 1. The Balaban J connectivity index is 3.05. The number of carbonyl (C=O) groups is 1. The molecule has 0 atom stereocenters. The Morgan fingerprint density at radius 1 is 1.56 bits per heavy atom. The molecule has 0 aliphatic rings. The predicted molar refractivity (Wildman–Crippen MR) is 64.9 cm³/mol. The third-order valence-corrected chi connectivity index (χ3v) is 2.47. The first kappa shape index (κ1) is 12.1. The second-order valence-electron chi connectivity index (χ2n) is 3.52. The van der Waals surface area contributed by atoms with Gasteiger partial charge in [0.2, 0.25) is 0 Å². The van der Waals surface area contributed by atoms with Gasteiger partial charge in [0.25, 0.3) is 0 Å². The summed E-state index contributed by atoms with van der Waals surface area (Å²) in [5, 5.41) is 8.91. The quantitative estimate of drug-likeness (QED) is 0.786. The zero-order valence-electron chi connectivity index (χ0n) is 9.53. The molecule has 0 heterocycles. The normalized spacial score (nSPS) is 9.56. The SMILES string of the molecule is C#CCN(CC)c1ccc(C(=O)O)c(C)c1. The first-order valence-corrected chi connectivity index (χ1v) is 5.12. The van der Waals surface area contributed by atoms with Crippen LogP contribution in [-0.2, 0) is 0 Å². The Kier molecular flexibility index (Phi) is 3.96. The van der Waals surface area contributed by atoms with E-state index in [0.29, 0.717) is 12.1 Å². The molecule has 0 bridgehead atoms. The minimum absolute atomic E-state index is 0.334. The Morgan fingerprint density at radius 2 is 2.25 bits per heavy atom. The van der Waals surface area contributed by atoms with Crippen molar-refractivity contribution in [3.63, 3.8) is 0 Å². The molecule has 0 fully saturated rings. The molecule has 0 saturated heterocycles. The molecule has 0 spiro atoms. The highest BCUT2D eigenvalue weighted by Gasteiger charge is 2.09.